The first-order valence-electron chi connectivity index (χ1n) is 8.80. The van der Waals surface area contributed by atoms with Crippen LogP contribution >= 0.6 is 0 Å². The standard InChI is InChI=1S/C24H20B.BrH.Mg/c1-5-13-21(14-6-1)25(22-15-7-2-8-16-22,23-17-9-3-10-18-23)24-19-11-4-12-20-24;;/h1-20H;1H;/q-1;;+2/p-1. The van der Waals surface area contributed by atoms with Crippen LogP contribution in [-0.2, 0) is 0 Å². The summed E-state index contributed by atoms with van der Waals surface area (Å²) in [5.41, 5.74) is 5.36. The fourth-order valence-corrected chi connectivity index (χ4v) is 4.12. The van der Waals surface area contributed by atoms with E-state index in [4.69, 9.17) is 0 Å². The first-order chi connectivity index (χ1) is 12.4. The molecule has 0 nitrogen and oxygen atoms in total. The Morgan fingerprint density at radius 2 is 0.519 bits per heavy atom. The Kier molecular flexibility index (Phi) is 7.91. The van der Waals surface area contributed by atoms with Crippen LogP contribution in [0.3, 0.4) is 0 Å². The molecule has 4 aromatic rings. The van der Waals surface area contributed by atoms with E-state index in [0.717, 1.165) is 0 Å². The fraction of sp³-hybridized carbons (Fsp3) is 0. The summed E-state index contributed by atoms with van der Waals surface area (Å²) in [6.07, 6.45) is -1.22. The van der Waals surface area contributed by atoms with Gasteiger partial charge in [0, 0.05) is 0 Å². The van der Waals surface area contributed by atoms with Crippen molar-refractivity contribution in [3.05, 3.63) is 121 Å². The van der Waals surface area contributed by atoms with Crippen molar-refractivity contribution in [1.29, 1.82) is 0 Å². The Morgan fingerprint density at radius 3 is 0.704 bits per heavy atom. The molecule has 0 N–H and O–H groups in total. The Balaban J connectivity index is 0.00000131. The zero-order chi connectivity index (χ0) is 17.0. The van der Waals surface area contributed by atoms with Crippen molar-refractivity contribution in [2.45, 2.75) is 0 Å². The molecule has 0 saturated heterocycles. The summed E-state index contributed by atoms with van der Waals surface area (Å²) in [5, 5.41) is 0. The summed E-state index contributed by atoms with van der Waals surface area (Å²) in [4.78, 5) is 0. The van der Waals surface area contributed by atoms with Crippen LogP contribution < -0.4 is 38.8 Å². The second-order valence-corrected chi connectivity index (χ2v) is 6.51. The largest absolute Gasteiger partial charge is 2.00 e. The summed E-state index contributed by atoms with van der Waals surface area (Å²) in [6, 6.07) is 43.5. The molecule has 0 aliphatic heterocycles. The Morgan fingerprint density at radius 1 is 0.333 bits per heavy atom. The van der Waals surface area contributed by atoms with Gasteiger partial charge in [0.2, 0.25) is 0 Å². The van der Waals surface area contributed by atoms with E-state index in [1.807, 2.05) is 0 Å². The number of rotatable bonds is 4. The summed E-state index contributed by atoms with van der Waals surface area (Å²) >= 11 is 0. The van der Waals surface area contributed by atoms with Crippen molar-refractivity contribution in [3.63, 3.8) is 0 Å². The topological polar surface area (TPSA) is 0 Å². The van der Waals surface area contributed by atoms with Crippen molar-refractivity contribution in [2.75, 3.05) is 0 Å². The van der Waals surface area contributed by atoms with E-state index in [2.05, 4.69) is 121 Å². The van der Waals surface area contributed by atoms with Gasteiger partial charge < -0.3 is 17.0 Å². The Bertz CT molecular complexity index is 765. The second-order valence-electron chi connectivity index (χ2n) is 6.51. The van der Waals surface area contributed by atoms with E-state index in [-0.39, 0.29) is 40.0 Å². The molecule has 128 valence electrons. The summed E-state index contributed by atoms with van der Waals surface area (Å²) in [5.74, 6) is 0. The van der Waals surface area contributed by atoms with Crippen molar-refractivity contribution >= 4 is 51.0 Å². The Labute approximate surface area is 188 Å². The summed E-state index contributed by atoms with van der Waals surface area (Å²) in [7, 11) is 0. The molecular weight excluding hydrogens is 403 g/mol. The number of halogens is 1. The maximum absolute atomic E-state index is 2.26. The minimum Gasteiger partial charge on any atom is -1.00 e. The monoisotopic (exact) mass is 422 g/mol. The smallest absolute Gasteiger partial charge is 1.00 e. The molecule has 4 aromatic carbocycles. The summed E-state index contributed by atoms with van der Waals surface area (Å²) < 4.78 is 0. The van der Waals surface area contributed by atoms with Gasteiger partial charge >= 0.3 is 23.1 Å². The van der Waals surface area contributed by atoms with E-state index >= 15 is 0 Å². The van der Waals surface area contributed by atoms with Gasteiger partial charge in [-0.3, -0.25) is 0 Å². The van der Waals surface area contributed by atoms with Crippen LogP contribution in [0.2, 0.25) is 0 Å². The van der Waals surface area contributed by atoms with Crippen LogP contribution in [-0.4, -0.2) is 29.2 Å². The van der Waals surface area contributed by atoms with Crippen LogP contribution in [0.5, 0.6) is 0 Å². The molecule has 0 unspecified atom stereocenters. The molecular formula is C24H20BBrMg. The van der Waals surface area contributed by atoms with Crippen molar-refractivity contribution in [3.8, 4) is 0 Å². The van der Waals surface area contributed by atoms with E-state index in [0.29, 0.717) is 0 Å². The molecule has 0 aliphatic carbocycles. The van der Waals surface area contributed by atoms with Gasteiger partial charge in [0.05, 0.1) is 0 Å². The molecule has 0 heterocycles. The summed E-state index contributed by atoms with van der Waals surface area (Å²) in [6.45, 7) is 0. The normalized spacial score (nSPS) is 10.4. The molecule has 0 bridgehead atoms. The molecule has 0 aliphatic rings. The predicted octanol–water partition coefficient (Wildman–Crippen LogP) is -0.313. The first-order valence-corrected chi connectivity index (χ1v) is 8.80. The Hall–Kier alpha value is -1.81. The minimum atomic E-state index is -1.22. The molecule has 0 aromatic heterocycles. The average molecular weight is 423 g/mol. The van der Waals surface area contributed by atoms with Crippen LogP contribution in [0, 0.1) is 0 Å². The number of hydrogen-bond donors (Lipinski definition) is 0. The molecule has 3 heteroatoms. The maximum atomic E-state index is 2.26. The molecule has 0 fully saturated rings. The van der Waals surface area contributed by atoms with Gasteiger partial charge in [0.25, 0.3) is 0 Å². The van der Waals surface area contributed by atoms with Crippen molar-refractivity contribution < 1.29 is 17.0 Å². The van der Waals surface area contributed by atoms with E-state index in [1.165, 1.54) is 21.9 Å². The zero-order valence-electron chi connectivity index (χ0n) is 15.2. The third-order valence-corrected chi connectivity index (χ3v) is 5.20. The van der Waals surface area contributed by atoms with Gasteiger partial charge in [-0.05, 0) is 0 Å². The molecule has 0 saturated carbocycles. The van der Waals surface area contributed by atoms with Gasteiger partial charge in [0.1, 0.15) is 6.15 Å². The minimum absolute atomic E-state index is 0. The van der Waals surface area contributed by atoms with Gasteiger partial charge in [-0.15, -0.1) is 0 Å². The van der Waals surface area contributed by atoms with Gasteiger partial charge in [-0.25, -0.2) is 0 Å². The molecule has 0 atom stereocenters. The molecule has 0 radical (unpaired) electrons. The third-order valence-electron chi connectivity index (χ3n) is 5.20. The fourth-order valence-electron chi connectivity index (χ4n) is 4.12. The van der Waals surface area contributed by atoms with Crippen LogP contribution in [0.25, 0.3) is 0 Å². The van der Waals surface area contributed by atoms with Crippen LogP contribution in [0.15, 0.2) is 121 Å². The molecule has 27 heavy (non-hydrogen) atoms. The van der Waals surface area contributed by atoms with Gasteiger partial charge in [-0.2, -0.15) is 21.9 Å². The van der Waals surface area contributed by atoms with Crippen molar-refractivity contribution in [2.24, 2.45) is 0 Å². The quantitative estimate of drug-likeness (QED) is 0.395. The molecule has 0 amide bonds. The SMILES string of the molecule is [Br-].[Mg+2].c1ccc([B-](c2ccccc2)(c2ccccc2)c2ccccc2)cc1. The van der Waals surface area contributed by atoms with E-state index < -0.39 is 6.15 Å². The maximum Gasteiger partial charge on any atom is 2.00 e. The van der Waals surface area contributed by atoms with E-state index in [1.54, 1.807) is 0 Å². The molecule has 0 spiro atoms. The third kappa shape index (κ3) is 4.06. The van der Waals surface area contributed by atoms with Crippen LogP contribution in [0.4, 0.5) is 0 Å². The van der Waals surface area contributed by atoms with Crippen LogP contribution in [0.1, 0.15) is 0 Å². The van der Waals surface area contributed by atoms with Gasteiger partial charge in [-0.1, -0.05) is 121 Å². The first kappa shape index (κ1) is 21.5. The number of benzene rings is 4. The van der Waals surface area contributed by atoms with E-state index in [9.17, 15) is 0 Å². The second kappa shape index (κ2) is 9.93. The van der Waals surface area contributed by atoms with Gasteiger partial charge in [0.15, 0.2) is 0 Å². The molecule has 4 rings (SSSR count). The predicted molar refractivity (Wildman–Crippen MR) is 116 cm³/mol. The zero-order valence-corrected chi connectivity index (χ0v) is 18.2. The number of hydrogen-bond acceptors (Lipinski definition) is 0. The average Bonchev–Trinajstić information content (AvgIpc) is 2.72. The van der Waals surface area contributed by atoms with Crippen molar-refractivity contribution in [1.82, 2.24) is 0 Å².